The number of thiazole rings is 1. The molecule has 4 rings (SSSR count). The van der Waals surface area contributed by atoms with Gasteiger partial charge in [0.2, 0.25) is 0 Å². The maximum Gasteiger partial charge on any atom is 0.163 e. The third-order valence-electron chi connectivity index (χ3n) is 4.75. The average Bonchev–Trinajstić information content (AvgIpc) is 3.22. The lowest BCUT2D eigenvalue weighted by molar-refractivity contribution is 0.288. The van der Waals surface area contributed by atoms with Crippen LogP contribution >= 0.6 is 11.3 Å². The number of rotatable bonds is 9. The molecule has 0 bridgehead atoms. The van der Waals surface area contributed by atoms with Crippen LogP contribution in [-0.4, -0.2) is 34.8 Å². The highest BCUT2D eigenvalue weighted by molar-refractivity contribution is 7.09. The number of anilines is 2. The number of nitrogens with one attached hydrogen (secondary N) is 1. The Morgan fingerprint density at radius 2 is 1.59 bits per heavy atom. The summed E-state index contributed by atoms with van der Waals surface area (Å²) < 4.78 is 17.4. The van der Waals surface area contributed by atoms with Crippen LogP contribution in [0.15, 0.2) is 42.0 Å². The van der Waals surface area contributed by atoms with Crippen molar-refractivity contribution in [3.05, 3.63) is 47.0 Å². The average molecular weight is 451 g/mol. The standard InChI is InChI=1S/C24H26N4O3S/c1-5-29-21-9-8-16(20-13-32-15(4)27-20)10-19(21)28-24-17-11-22(30-6-2)23(31-7-3)12-18(17)25-14-26-24/h8-14H,5-7H2,1-4H3,(H,25,26,28). The number of ether oxygens (including phenoxy) is 3. The van der Waals surface area contributed by atoms with Gasteiger partial charge in [0.25, 0.3) is 0 Å². The van der Waals surface area contributed by atoms with Crippen LogP contribution < -0.4 is 19.5 Å². The molecule has 0 amide bonds. The van der Waals surface area contributed by atoms with Gasteiger partial charge in [-0.15, -0.1) is 11.3 Å². The van der Waals surface area contributed by atoms with Crippen molar-refractivity contribution in [3.63, 3.8) is 0 Å². The molecule has 166 valence electrons. The van der Waals surface area contributed by atoms with E-state index in [9.17, 15) is 0 Å². The van der Waals surface area contributed by atoms with Crippen molar-refractivity contribution < 1.29 is 14.2 Å². The Morgan fingerprint density at radius 3 is 2.28 bits per heavy atom. The molecule has 0 saturated heterocycles. The van der Waals surface area contributed by atoms with Crippen LogP contribution in [0.5, 0.6) is 17.2 Å². The van der Waals surface area contributed by atoms with Crippen molar-refractivity contribution in [2.24, 2.45) is 0 Å². The predicted octanol–water partition coefficient (Wildman–Crippen LogP) is 6.00. The van der Waals surface area contributed by atoms with Crippen LogP contribution in [0.1, 0.15) is 25.8 Å². The van der Waals surface area contributed by atoms with E-state index in [1.807, 2.05) is 58.0 Å². The lowest BCUT2D eigenvalue weighted by atomic mass is 10.1. The Morgan fingerprint density at radius 1 is 0.875 bits per heavy atom. The van der Waals surface area contributed by atoms with Gasteiger partial charge in [-0.1, -0.05) is 0 Å². The molecule has 2 aromatic heterocycles. The van der Waals surface area contributed by atoms with E-state index in [1.165, 1.54) is 6.33 Å². The smallest absolute Gasteiger partial charge is 0.163 e. The van der Waals surface area contributed by atoms with Crippen molar-refractivity contribution >= 4 is 33.7 Å². The van der Waals surface area contributed by atoms with Crippen molar-refractivity contribution in [2.75, 3.05) is 25.1 Å². The van der Waals surface area contributed by atoms with Crippen LogP contribution in [0.2, 0.25) is 0 Å². The Hall–Kier alpha value is -3.39. The molecule has 8 heteroatoms. The van der Waals surface area contributed by atoms with Crippen LogP contribution in [0.4, 0.5) is 11.5 Å². The molecule has 0 fully saturated rings. The number of hydrogen-bond donors (Lipinski definition) is 1. The van der Waals surface area contributed by atoms with Crippen molar-refractivity contribution in [1.29, 1.82) is 0 Å². The number of fused-ring (bicyclic) bond motifs is 1. The number of nitrogens with zero attached hydrogens (tertiary/aromatic N) is 3. The first-order valence-electron chi connectivity index (χ1n) is 10.6. The summed E-state index contributed by atoms with van der Waals surface area (Å²) in [5.74, 6) is 2.73. The number of aryl methyl sites for hydroxylation is 1. The molecule has 4 aromatic rings. The molecule has 0 aliphatic heterocycles. The molecule has 32 heavy (non-hydrogen) atoms. The summed E-state index contributed by atoms with van der Waals surface area (Å²) in [5.41, 5.74) is 3.51. The minimum Gasteiger partial charge on any atom is -0.492 e. The molecule has 0 atom stereocenters. The monoisotopic (exact) mass is 450 g/mol. The number of benzene rings is 2. The van der Waals surface area contributed by atoms with Gasteiger partial charge in [0.1, 0.15) is 17.9 Å². The van der Waals surface area contributed by atoms with E-state index in [-0.39, 0.29) is 0 Å². The highest BCUT2D eigenvalue weighted by atomic mass is 32.1. The quantitative estimate of drug-likeness (QED) is 0.335. The van der Waals surface area contributed by atoms with Gasteiger partial charge in [-0.05, 0) is 52.0 Å². The maximum absolute atomic E-state index is 5.86. The molecule has 0 saturated carbocycles. The van der Waals surface area contributed by atoms with Gasteiger partial charge in [-0.3, -0.25) is 0 Å². The fourth-order valence-electron chi connectivity index (χ4n) is 3.39. The third-order valence-corrected chi connectivity index (χ3v) is 5.52. The molecular weight excluding hydrogens is 424 g/mol. The van der Waals surface area contributed by atoms with E-state index in [0.29, 0.717) is 37.1 Å². The van der Waals surface area contributed by atoms with Crippen LogP contribution in [0.25, 0.3) is 22.2 Å². The summed E-state index contributed by atoms with van der Waals surface area (Å²) in [7, 11) is 0. The minimum atomic E-state index is 0.533. The Balaban J connectivity index is 1.78. The highest BCUT2D eigenvalue weighted by Gasteiger charge is 2.15. The summed E-state index contributed by atoms with van der Waals surface area (Å²) in [5, 5.41) is 7.35. The predicted molar refractivity (Wildman–Crippen MR) is 129 cm³/mol. The number of aromatic nitrogens is 3. The fourth-order valence-corrected chi connectivity index (χ4v) is 4.01. The van der Waals surface area contributed by atoms with E-state index in [4.69, 9.17) is 14.2 Å². The minimum absolute atomic E-state index is 0.533. The number of hydrogen-bond acceptors (Lipinski definition) is 8. The molecule has 7 nitrogen and oxygen atoms in total. The first-order chi connectivity index (χ1) is 15.6. The Kier molecular flexibility index (Phi) is 6.70. The van der Waals surface area contributed by atoms with E-state index in [2.05, 4.69) is 25.6 Å². The molecule has 1 N–H and O–H groups in total. The molecule has 2 aromatic carbocycles. The van der Waals surface area contributed by atoms with Gasteiger partial charge in [0.15, 0.2) is 11.5 Å². The van der Waals surface area contributed by atoms with Gasteiger partial charge in [-0.25, -0.2) is 15.0 Å². The first-order valence-corrected chi connectivity index (χ1v) is 11.5. The molecule has 0 radical (unpaired) electrons. The Bertz CT molecular complexity index is 1230. The second-order valence-electron chi connectivity index (χ2n) is 6.93. The lowest BCUT2D eigenvalue weighted by Crippen LogP contribution is -2.02. The summed E-state index contributed by atoms with van der Waals surface area (Å²) in [6.45, 7) is 9.49. The first kappa shape index (κ1) is 21.8. The van der Waals surface area contributed by atoms with Crippen molar-refractivity contribution in [2.45, 2.75) is 27.7 Å². The van der Waals surface area contributed by atoms with E-state index < -0.39 is 0 Å². The Labute approximate surface area is 191 Å². The van der Waals surface area contributed by atoms with Gasteiger partial charge in [0.05, 0.1) is 41.7 Å². The summed E-state index contributed by atoms with van der Waals surface area (Å²) >= 11 is 1.63. The summed E-state index contributed by atoms with van der Waals surface area (Å²) in [4.78, 5) is 13.5. The second kappa shape index (κ2) is 9.82. The molecule has 2 heterocycles. The molecule has 0 aliphatic carbocycles. The summed E-state index contributed by atoms with van der Waals surface area (Å²) in [6, 6.07) is 9.81. The second-order valence-corrected chi connectivity index (χ2v) is 7.99. The SMILES string of the molecule is CCOc1ccc(-c2csc(C)n2)cc1Nc1ncnc2cc(OCC)c(OCC)cc12. The molecule has 0 aliphatic rings. The van der Waals surface area contributed by atoms with E-state index in [0.717, 1.165) is 38.6 Å². The fraction of sp³-hybridized carbons (Fsp3) is 0.292. The summed E-state index contributed by atoms with van der Waals surface area (Å²) in [6.07, 6.45) is 1.54. The third kappa shape index (κ3) is 4.60. The van der Waals surface area contributed by atoms with Gasteiger partial charge in [0, 0.05) is 22.4 Å². The van der Waals surface area contributed by atoms with Crippen molar-refractivity contribution in [3.8, 4) is 28.5 Å². The molecule has 0 spiro atoms. The van der Waals surface area contributed by atoms with E-state index in [1.54, 1.807) is 11.3 Å². The topological polar surface area (TPSA) is 78.4 Å². The van der Waals surface area contributed by atoms with Crippen molar-refractivity contribution in [1.82, 2.24) is 15.0 Å². The van der Waals surface area contributed by atoms with Gasteiger partial charge < -0.3 is 19.5 Å². The van der Waals surface area contributed by atoms with Gasteiger partial charge >= 0.3 is 0 Å². The maximum atomic E-state index is 5.86. The molecular formula is C24H26N4O3S. The van der Waals surface area contributed by atoms with Crippen LogP contribution in [0, 0.1) is 6.92 Å². The van der Waals surface area contributed by atoms with Gasteiger partial charge in [-0.2, -0.15) is 0 Å². The largest absolute Gasteiger partial charge is 0.492 e. The van der Waals surface area contributed by atoms with Crippen LogP contribution in [0.3, 0.4) is 0 Å². The zero-order chi connectivity index (χ0) is 22.5. The zero-order valence-corrected chi connectivity index (χ0v) is 19.5. The van der Waals surface area contributed by atoms with Crippen LogP contribution in [-0.2, 0) is 0 Å². The molecule has 0 unspecified atom stereocenters. The van der Waals surface area contributed by atoms with E-state index >= 15 is 0 Å². The highest BCUT2D eigenvalue weighted by Crippen LogP contribution is 2.37. The normalized spacial score (nSPS) is 10.9. The zero-order valence-electron chi connectivity index (χ0n) is 18.6. The lowest BCUT2D eigenvalue weighted by Gasteiger charge is -2.16.